The zero-order valence-corrected chi connectivity index (χ0v) is 24.4. The molecule has 1 N–H and O–H groups in total. The van der Waals surface area contributed by atoms with Crippen LogP contribution in [0.4, 0.5) is 5.69 Å². The molecule has 0 unspecified atom stereocenters. The highest BCUT2D eigenvalue weighted by molar-refractivity contribution is 9.10. The fraction of sp³-hybridized carbons (Fsp3) is 0.259. The van der Waals surface area contributed by atoms with E-state index in [9.17, 15) is 18.0 Å². The average molecular weight is 623 g/mol. The summed E-state index contributed by atoms with van der Waals surface area (Å²) in [7, 11) is -2.69. The number of hydrogen-bond acceptors (Lipinski definition) is 5. The van der Waals surface area contributed by atoms with Crippen molar-refractivity contribution in [1.29, 1.82) is 0 Å². The Labute approximate surface area is 236 Å². The van der Waals surface area contributed by atoms with Gasteiger partial charge in [0.1, 0.15) is 18.3 Å². The Kier molecular flexibility index (Phi) is 10.2. The summed E-state index contributed by atoms with van der Waals surface area (Å²) >= 11 is 9.66. The molecule has 0 heterocycles. The van der Waals surface area contributed by atoms with Gasteiger partial charge in [0.2, 0.25) is 11.8 Å². The molecular weight excluding hydrogens is 594 g/mol. The van der Waals surface area contributed by atoms with Crippen molar-refractivity contribution in [3.8, 4) is 5.75 Å². The van der Waals surface area contributed by atoms with Gasteiger partial charge in [-0.3, -0.25) is 13.9 Å². The molecule has 11 heteroatoms. The fourth-order valence-electron chi connectivity index (χ4n) is 3.74. The molecule has 1 atom stereocenters. The lowest BCUT2D eigenvalue weighted by molar-refractivity contribution is -0.139. The number of rotatable bonds is 11. The lowest BCUT2D eigenvalue weighted by Crippen LogP contribution is -2.50. The third kappa shape index (κ3) is 7.06. The molecule has 0 spiro atoms. The number of amides is 2. The Morgan fingerprint density at radius 1 is 1.03 bits per heavy atom. The van der Waals surface area contributed by atoms with Crippen molar-refractivity contribution in [2.45, 2.75) is 31.3 Å². The van der Waals surface area contributed by atoms with Gasteiger partial charge in [0.25, 0.3) is 10.0 Å². The van der Waals surface area contributed by atoms with E-state index < -0.39 is 34.4 Å². The van der Waals surface area contributed by atoms with Gasteiger partial charge in [-0.1, -0.05) is 45.7 Å². The van der Waals surface area contributed by atoms with Crippen molar-refractivity contribution in [2.24, 2.45) is 0 Å². The molecule has 0 aliphatic rings. The monoisotopic (exact) mass is 621 g/mol. The van der Waals surface area contributed by atoms with Crippen LogP contribution in [0.5, 0.6) is 5.75 Å². The smallest absolute Gasteiger partial charge is 0.264 e. The second-order valence-corrected chi connectivity index (χ2v) is 11.5. The van der Waals surface area contributed by atoms with Crippen molar-refractivity contribution in [3.63, 3.8) is 0 Å². The molecule has 38 heavy (non-hydrogen) atoms. The van der Waals surface area contributed by atoms with Gasteiger partial charge in [0, 0.05) is 23.1 Å². The largest absolute Gasteiger partial charge is 0.494 e. The van der Waals surface area contributed by atoms with Gasteiger partial charge < -0.3 is 15.0 Å². The first kappa shape index (κ1) is 29.5. The van der Waals surface area contributed by atoms with Crippen molar-refractivity contribution in [1.82, 2.24) is 10.2 Å². The van der Waals surface area contributed by atoms with Crippen LogP contribution in [0, 0.1) is 0 Å². The van der Waals surface area contributed by atoms with E-state index in [-0.39, 0.29) is 17.1 Å². The van der Waals surface area contributed by atoms with Crippen molar-refractivity contribution >= 4 is 55.1 Å². The highest BCUT2D eigenvalue weighted by Gasteiger charge is 2.32. The van der Waals surface area contributed by atoms with Crippen LogP contribution in [0.15, 0.2) is 82.2 Å². The van der Waals surface area contributed by atoms with Gasteiger partial charge >= 0.3 is 0 Å². The molecule has 0 radical (unpaired) electrons. The summed E-state index contributed by atoms with van der Waals surface area (Å²) in [6, 6.07) is 18.7. The van der Waals surface area contributed by atoms with E-state index in [1.807, 2.05) is 6.92 Å². The van der Waals surface area contributed by atoms with Crippen LogP contribution < -0.4 is 14.4 Å². The molecule has 0 aliphatic heterocycles. The van der Waals surface area contributed by atoms with Crippen LogP contribution in [-0.4, -0.2) is 51.4 Å². The maximum absolute atomic E-state index is 13.8. The highest BCUT2D eigenvalue weighted by atomic mass is 79.9. The molecular formula is C27H29BrClN3O5S. The SMILES string of the molecule is CCOc1ccc(N(CC(=O)N(Cc2ccccc2Cl)[C@H](C)C(=O)NC)S(=O)(=O)c2ccc(Br)cc2)cc1. The maximum atomic E-state index is 13.8. The van der Waals surface area contributed by atoms with E-state index in [0.717, 1.165) is 4.31 Å². The average Bonchev–Trinajstić information content (AvgIpc) is 2.91. The standard InChI is InChI=1S/C27H29BrClN3O5S/c1-4-37-23-13-11-22(12-14-23)32(38(35,36)24-15-9-21(28)10-16-24)18-26(33)31(19(2)27(34)30-3)17-20-7-5-6-8-25(20)29/h5-16,19H,4,17-18H2,1-3H3,(H,30,34)/t19-/m1/s1. The minimum Gasteiger partial charge on any atom is -0.494 e. The number of ether oxygens (including phenoxy) is 1. The van der Waals surface area contributed by atoms with Gasteiger partial charge in [0.15, 0.2) is 0 Å². The second-order valence-electron chi connectivity index (χ2n) is 8.30. The lowest BCUT2D eigenvalue weighted by atomic mass is 10.1. The molecule has 0 saturated heterocycles. The van der Waals surface area contributed by atoms with E-state index in [1.165, 1.54) is 24.1 Å². The summed E-state index contributed by atoms with van der Waals surface area (Å²) in [5.74, 6) is -0.401. The Morgan fingerprint density at radius 2 is 1.66 bits per heavy atom. The van der Waals surface area contributed by atoms with Gasteiger partial charge in [-0.05, 0) is 74.0 Å². The Morgan fingerprint density at radius 3 is 2.24 bits per heavy atom. The number of sulfonamides is 1. The van der Waals surface area contributed by atoms with E-state index >= 15 is 0 Å². The Bertz CT molecular complexity index is 1370. The highest BCUT2D eigenvalue weighted by Crippen LogP contribution is 2.28. The van der Waals surface area contributed by atoms with E-state index in [0.29, 0.717) is 27.4 Å². The number of carbonyl (C=O) groups is 2. The first-order valence-electron chi connectivity index (χ1n) is 11.8. The summed E-state index contributed by atoms with van der Waals surface area (Å²) in [5.41, 5.74) is 0.900. The molecule has 0 saturated carbocycles. The normalized spacial score (nSPS) is 11.9. The van der Waals surface area contributed by atoms with Crippen LogP contribution in [0.2, 0.25) is 5.02 Å². The molecule has 0 aliphatic carbocycles. The minimum absolute atomic E-state index is 0.0133. The summed E-state index contributed by atoms with van der Waals surface area (Å²) in [4.78, 5) is 27.7. The van der Waals surface area contributed by atoms with Gasteiger partial charge in [-0.15, -0.1) is 0 Å². The number of hydrogen-bond donors (Lipinski definition) is 1. The molecule has 202 valence electrons. The predicted molar refractivity (Wildman–Crippen MR) is 152 cm³/mol. The van der Waals surface area contributed by atoms with Crippen LogP contribution in [-0.2, 0) is 26.2 Å². The number of benzene rings is 3. The number of halogens is 2. The van der Waals surface area contributed by atoms with Crippen LogP contribution >= 0.6 is 27.5 Å². The molecule has 3 rings (SSSR count). The third-order valence-electron chi connectivity index (χ3n) is 5.83. The summed E-state index contributed by atoms with van der Waals surface area (Å²) in [5, 5.41) is 2.98. The van der Waals surface area contributed by atoms with E-state index in [4.69, 9.17) is 16.3 Å². The zero-order chi connectivity index (χ0) is 27.9. The van der Waals surface area contributed by atoms with Gasteiger partial charge in [-0.25, -0.2) is 8.42 Å². The first-order valence-corrected chi connectivity index (χ1v) is 14.4. The molecule has 0 aromatic heterocycles. The molecule has 3 aromatic carbocycles. The van der Waals surface area contributed by atoms with Gasteiger partial charge in [0.05, 0.1) is 17.2 Å². The Hall–Kier alpha value is -3.08. The minimum atomic E-state index is -4.16. The topological polar surface area (TPSA) is 96.0 Å². The number of nitrogens with zero attached hydrogens (tertiary/aromatic N) is 2. The fourth-order valence-corrected chi connectivity index (χ4v) is 5.61. The summed E-state index contributed by atoms with van der Waals surface area (Å²) < 4.78 is 34.8. The van der Waals surface area contributed by atoms with Crippen molar-refractivity contribution in [2.75, 3.05) is 24.5 Å². The molecule has 0 fully saturated rings. The van der Waals surface area contributed by atoms with Crippen LogP contribution in [0.3, 0.4) is 0 Å². The maximum Gasteiger partial charge on any atom is 0.264 e. The molecule has 3 aromatic rings. The number of carbonyl (C=O) groups excluding carboxylic acids is 2. The van der Waals surface area contributed by atoms with E-state index in [1.54, 1.807) is 67.6 Å². The van der Waals surface area contributed by atoms with Crippen LogP contribution in [0.1, 0.15) is 19.4 Å². The number of anilines is 1. The van der Waals surface area contributed by atoms with Crippen LogP contribution in [0.25, 0.3) is 0 Å². The molecule has 2 amide bonds. The predicted octanol–water partition coefficient (Wildman–Crippen LogP) is 4.86. The lowest BCUT2D eigenvalue weighted by Gasteiger charge is -2.32. The first-order chi connectivity index (χ1) is 18.1. The molecule has 0 bridgehead atoms. The molecule has 8 nitrogen and oxygen atoms in total. The number of nitrogens with one attached hydrogen (secondary N) is 1. The van der Waals surface area contributed by atoms with Gasteiger partial charge in [-0.2, -0.15) is 0 Å². The quantitative estimate of drug-likeness (QED) is 0.330. The number of likely N-dealkylation sites (N-methyl/N-ethyl adjacent to an activating group) is 1. The van der Waals surface area contributed by atoms with E-state index in [2.05, 4.69) is 21.2 Å². The summed E-state index contributed by atoms with van der Waals surface area (Å²) in [6.07, 6.45) is 0. The second kappa shape index (κ2) is 13.1. The van der Waals surface area contributed by atoms with Crippen molar-refractivity contribution in [3.05, 3.63) is 87.9 Å². The Balaban J connectivity index is 2.04. The van der Waals surface area contributed by atoms with Crippen molar-refractivity contribution < 1.29 is 22.7 Å². The zero-order valence-electron chi connectivity index (χ0n) is 21.2. The third-order valence-corrected chi connectivity index (χ3v) is 8.51. The summed E-state index contributed by atoms with van der Waals surface area (Å²) in [6.45, 7) is 3.35.